The molecule has 1 aromatic carbocycles. The number of carbonyl (C=O) groups excluding carboxylic acids is 4. The Bertz CT molecular complexity index is 1840. The fourth-order valence-electron chi connectivity index (χ4n) is 10.0. The monoisotopic (exact) mass is 1190 g/mol. The van der Waals surface area contributed by atoms with E-state index in [2.05, 4.69) is 45.7 Å². The van der Waals surface area contributed by atoms with Crippen molar-refractivity contribution < 1.29 is 52.8 Å². The summed E-state index contributed by atoms with van der Waals surface area (Å²) in [6, 6.07) is 5.02. The van der Waals surface area contributed by atoms with Gasteiger partial charge in [-0.1, -0.05) is 206 Å². The third-order valence-corrected chi connectivity index (χ3v) is 15.2. The minimum absolute atomic E-state index is 0.0924. The molecule has 0 radical (unpaired) electrons. The summed E-state index contributed by atoms with van der Waals surface area (Å²) in [4.78, 5) is 61.5. The molecule has 0 aliphatic carbocycles. The first-order valence-electron chi connectivity index (χ1n) is 33.2. The van der Waals surface area contributed by atoms with E-state index in [4.69, 9.17) is 35.2 Å². The molecule has 0 saturated carbocycles. The number of nitrogens with one attached hydrogen (secondary N) is 6. The van der Waals surface area contributed by atoms with Crippen LogP contribution in [-0.2, 0) is 38.1 Å². The molecule has 0 spiro atoms. The van der Waals surface area contributed by atoms with Gasteiger partial charge in [0.1, 0.15) is 30.3 Å². The molecule has 1 heterocycles. The van der Waals surface area contributed by atoms with Crippen LogP contribution in [0.2, 0.25) is 0 Å². The van der Waals surface area contributed by atoms with Crippen molar-refractivity contribution in [2.75, 3.05) is 84.4 Å². The molecule has 4 amide bonds. The number of hydrogen-bond acceptors (Lipinski definition) is 14. The first-order valence-corrected chi connectivity index (χ1v) is 33.2. The van der Waals surface area contributed by atoms with Crippen molar-refractivity contribution in [3.63, 3.8) is 0 Å². The molecule has 1 aliphatic heterocycles. The lowest BCUT2D eigenvalue weighted by Crippen LogP contribution is -2.52. The number of rotatable bonds is 59. The van der Waals surface area contributed by atoms with Gasteiger partial charge in [0.15, 0.2) is 0 Å². The number of carboxylic acids is 1. The smallest absolute Gasteiger partial charge is 0.407 e. The number of hydrogen-bond donors (Lipinski definition) is 9. The third-order valence-electron chi connectivity index (χ3n) is 15.2. The highest BCUT2D eigenvalue weighted by Crippen LogP contribution is 2.17. The molecule has 1 aliphatic rings. The fraction of sp³-hybridized carbons (Fsp3) is 0.800. The lowest BCUT2D eigenvalue weighted by Gasteiger charge is -2.28. The van der Waals surface area contributed by atoms with Gasteiger partial charge in [0, 0.05) is 63.7 Å². The molecule has 1 aromatic rings. The van der Waals surface area contributed by atoms with Gasteiger partial charge in [0.25, 0.3) is 11.8 Å². The first-order chi connectivity index (χ1) is 41.0. The highest BCUT2D eigenvalue weighted by molar-refractivity contribution is 5.97. The second kappa shape index (κ2) is 53.6. The van der Waals surface area contributed by atoms with Crippen molar-refractivity contribution in [3.8, 4) is 0 Å². The summed E-state index contributed by atoms with van der Waals surface area (Å²) in [5.41, 5.74) is 12.2. The number of aliphatic carboxylic acids is 1. The van der Waals surface area contributed by atoms with Gasteiger partial charge in [-0.3, -0.25) is 14.4 Å². The van der Waals surface area contributed by atoms with Crippen LogP contribution in [-0.4, -0.2) is 132 Å². The topological polar surface area (TPSA) is 276 Å². The van der Waals surface area contributed by atoms with Crippen LogP contribution < -0.4 is 43.4 Å². The van der Waals surface area contributed by atoms with Crippen LogP contribution in [0, 0.1) is 0 Å². The van der Waals surface area contributed by atoms with Crippen LogP contribution in [0.3, 0.4) is 0 Å². The largest absolute Gasteiger partial charge is 0.480 e. The number of carboxylic acid groups (broad SMARTS) is 1. The Morgan fingerprint density at radius 3 is 1.58 bits per heavy atom. The maximum Gasteiger partial charge on any atom is 0.407 e. The number of nitrogens with two attached hydrogens (primary N) is 2. The van der Waals surface area contributed by atoms with Crippen molar-refractivity contribution in [2.24, 2.45) is 11.5 Å². The summed E-state index contributed by atoms with van der Waals surface area (Å²) < 4.78 is 29.0. The van der Waals surface area contributed by atoms with Crippen LogP contribution >= 0.6 is 0 Å². The van der Waals surface area contributed by atoms with Gasteiger partial charge in [-0.05, 0) is 49.9 Å². The lowest BCUT2D eigenvalue weighted by atomic mass is 10.0. The molecule has 484 valence electrons. The summed E-state index contributed by atoms with van der Waals surface area (Å²) >= 11 is 0. The van der Waals surface area contributed by atoms with E-state index in [0.717, 1.165) is 19.3 Å². The summed E-state index contributed by atoms with van der Waals surface area (Å²) in [6.07, 6.45) is 41.9. The van der Waals surface area contributed by atoms with Crippen molar-refractivity contribution in [1.29, 1.82) is 0 Å². The maximum atomic E-state index is 12.9. The van der Waals surface area contributed by atoms with Gasteiger partial charge in [0.2, 0.25) is 5.91 Å². The van der Waals surface area contributed by atoms with Crippen LogP contribution in [0.5, 0.6) is 0 Å². The van der Waals surface area contributed by atoms with Gasteiger partial charge in [-0.2, -0.15) is 0 Å². The molecule has 0 aromatic heterocycles. The minimum Gasteiger partial charge on any atom is -0.480 e. The Kier molecular flexibility index (Phi) is 48.0. The molecule has 0 bridgehead atoms. The first kappa shape index (κ1) is 75.2. The predicted molar refractivity (Wildman–Crippen MR) is 337 cm³/mol. The van der Waals surface area contributed by atoms with Gasteiger partial charge in [0.05, 0.1) is 32.5 Å². The van der Waals surface area contributed by atoms with Crippen molar-refractivity contribution in [3.05, 3.63) is 41.3 Å². The molecular formula is C65H118N8O11. The number of amides is 4. The molecule has 19 heteroatoms. The Morgan fingerprint density at radius 2 is 1.07 bits per heavy atom. The summed E-state index contributed by atoms with van der Waals surface area (Å²) in [7, 11) is 0. The van der Waals surface area contributed by atoms with Crippen LogP contribution in [0.1, 0.15) is 249 Å². The molecule has 1 unspecified atom stereocenters. The fourth-order valence-corrected chi connectivity index (χ4v) is 10.0. The summed E-state index contributed by atoms with van der Waals surface area (Å²) in [5, 5.41) is 26.9. The molecule has 0 fully saturated rings. The van der Waals surface area contributed by atoms with Gasteiger partial charge in [-0.25, -0.2) is 9.59 Å². The SMILES string of the molecule is CCCCCCCCCCCCCCCCCCOC[C@H](COC(=O)NCCOCCOCCCNC(=O)CC[C@@H](NC(=O)c1ccc(NCC2CNC(N)=C(C(N)=O)N2)cc1)C(=O)O)OCCCCCCCCCCCCCCCCCC. The molecule has 2 rings (SSSR count). The number of carbonyl (C=O) groups is 5. The number of benzene rings is 1. The van der Waals surface area contributed by atoms with Gasteiger partial charge < -0.3 is 72.2 Å². The number of anilines is 1. The molecular weight excluding hydrogens is 1070 g/mol. The summed E-state index contributed by atoms with van der Waals surface area (Å²) in [6.45, 7) is 9.17. The van der Waals surface area contributed by atoms with Gasteiger partial charge >= 0.3 is 12.1 Å². The number of ether oxygens (including phenoxy) is 5. The Morgan fingerprint density at radius 1 is 0.583 bits per heavy atom. The zero-order chi connectivity index (χ0) is 60.8. The molecule has 84 heavy (non-hydrogen) atoms. The average Bonchev–Trinajstić information content (AvgIpc) is 3.69. The molecule has 0 saturated heterocycles. The summed E-state index contributed by atoms with van der Waals surface area (Å²) in [5.74, 6) is -2.65. The highest BCUT2D eigenvalue weighted by Gasteiger charge is 2.23. The van der Waals surface area contributed by atoms with E-state index in [1.54, 1.807) is 24.3 Å². The van der Waals surface area contributed by atoms with Crippen LogP contribution in [0.15, 0.2) is 35.8 Å². The van der Waals surface area contributed by atoms with Gasteiger partial charge in [-0.15, -0.1) is 0 Å². The highest BCUT2D eigenvalue weighted by atomic mass is 16.6. The minimum atomic E-state index is -1.27. The third kappa shape index (κ3) is 42.9. The van der Waals surface area contributed by atoms with Crippen LogP contribution in [0.4, 0.5) is 10.5 Å². The standard InChI is InChI=1S/C65H118N8O11/c1-3-5-7-9-11-13-15-17-19-21-23-25-27-29-31-33-44-82-52-57(83-46-34-32-30-28-26-24-22-20-18-16-14-12-10-8-6-4-2)53-84-65(79)69-43-47-81-49-48-80-45-35-42-68-59(74)41-40-58(64(77)78)73-63(76)54-36-38-55(39-37-54)70-50-56-51-71-61(66)60(72-56)62(67)75/h36-39,56-58,70-72H,3-35,40-53,66H2,1-2H3,(H2,67,75)(H,68,74)(H,69,79)(H,73,76)(H,77,78)/t56?,57-,58-/m1/s1. The molecule has 3 atom stereocenters. The van der Waals surface area contributed by atoms with E-state index >= 15 is 0 Å². The van der Waals surface area contributed by atoms with E-state index in [1.165, 1.54) is 186 Å². The van der Waals surface area contributed by atoms with E-state index in [0.29, 0.717) is 71.4 Å². The van der Waals surface area contributed by atoms with E-state index in [-0.39, 0.29) is 67.7 Å². The molecule has 19 nitrogen and oxygen atoms in total. The number of alkyl carbamates (subject to hydrolysis) is 1. The average molecular weight is 1190 g/mol. The Hall–Kier alpha value is -4.85. The van der Waals surface area contributed by atoms with Crippen molar-refractivity contribution in [1.82, 2.24) is 26.6 Å². The number of primary amides is 1. The van der Waals surface area contributed by atoms with E-state index in [9.17, 15) is 29.1 Å². The second-order valence-corrected chi connectivity index (χ2v) is 22.9. The lowest BCUT2D eigenvalue weighted by molar-refractivity contribution is -0.139. The Labute approximate surface area is 506 Å². The predicted octanol–water partition coefficient (Wildman–Crippen LogP) is 11.4. The zero-order valence-electron chi connectivity index (χ0n) is 52.5. The van der Waals surface area contributed by atoms with E-state index in [1.807, 2.05) is 0 Å². The van der Waals surface area contributed by atoms with Crippen molar-refractivity contribution >= 4 is 35.5 Å². The molecule has 11 N–H and O–H groups in total. The van der Waals surface area contributed by atoms with Crippen LogP contribution in [0.25, 0.3) is 0 Å². The second-order valence-electron chi connectivity index (χ2n) is 22.9. The normalized spacial score (nSPS) is 13.9. The quantitative estimate of drug-likeness (QED) is 0.0274. The van der Waals surface area contributed by atoms with Crippen molar-refractivity contribution in [2.45, 2.75) is 257 Å². The number of unbranched alkanes of at least 4 members (excludes halogenated alkanes) is 30. The zero-order valence-corrected chi connectivity index (χ0v) is 52.5. The Balaban J connectivity index is 1.55. The van der Waals surface area contributed by atoms with E-state index < -0.39 is 29.9 Å². The maximum absolute atomic E-state index is 12.9.